The molecule has 5 nitrogen and oxygen atoms in total. The van der Waals surface area contributed by atoms with Crippen LogP contribution >= 0.6 is 0 Å². The first-order valence-corrected chi connectivity index (χ1v) is 5.67. The Balaban J connectivity index is 2.48. The van der Waals surface area contributed by atoms with Crippen molar-refractivity contribution in [1.29, 1.82) is 0 Å². The molecule has 2 N–H and O–H groups in total. The highest BCUT2D eigenvalue weighted by atomic mass is 16.5. The van der Waals surface area contributed by atoms with E-state index >= 15 is 0 Å². The van der Waals surface area contributed by atoms with Crippen LogP contribution in [0.4, 0.5) is 0 Å². The molecule has 1 rings (SSSR count). The second-order valence-electron chi connectivity index (χ2n) is 5.00. The van der Waals surface area contributed by atoms with Crippen LogP contribution in [-0.4, -0.2) is 35.2 Å². The van der Waals surface area contributed by atoms with E-state index in [2.05, 4.69) is 28.9 Å². The topological polar surface area (TPSA) is 68.2 Å². The Morgan fingerprint density at radius 3 is 2.62 bits per heavy atom. The Hall–Kier alpha value is -0.940. The predicted octanol–water partition coefficient (Wildman–Crippen LogP) is 1.05. The molecule has 0 unspecified atom stereocenters. The Bertz CT molecular complexity index is 322. The van der Waals surface area contributed by atoms with Crippen LogP contribution in [0.15, 0.2) is 4.52 Å². The zero-order valence-electron chi connectivity index (χ0n) is 10.7. The number of aryl methyl sites for hydroxylation is 1. The summed E-state index contributed by atoms with van der Waals surface area (Å²) in [7, 11) is 2.03. The number of hydrogen-bond acceptors (Lipinski definition) is 5. The molecule has 0 atom stereocenters. The van der Waals surface area contributed by atoms with Crippen molar-refractivity contribution in [2.75, 3.05) is 20.1 Å². The summed E-state index contributed by atoms with van der Waals surface area (Å²) in [6.45, 7) is 8.56. The SMILES string of the molecule is CCc1noc(CN(C)CC(C)(C)CN)n1. The van der Waals surface area contributed by atoms with Gasteiger partial charge in [0, 0.05) is 13.0 Å². The molecule has 0 fully saturated rings. The fraction of sp³-hybridized carbons (Fsp3) is 0.818. The van der Waals surface area contributed by atoms with E-state index in [-0.39, 0.29) is 5.41 Å². The van der Waals surface area contributed by atoms with Gasteiger partial charge in [-0.15, -0.1) is 0 Å². The first-order valence-electron chi connectivity index (χ1n) is 5.67. The van der Waals surface area contributed by atoms with E-state index in [0.717, 1.165) is 18.8 Å². The van der Waals surface area contributed by atoms with E-state index in [1.54, 1.807) is 0 Å². The molecule has 92 valence electrons. The first-order chi connectivity index (χ1) is 7.46. The van der Waals surface area contributed by atoms with Crippen molar-refractivity contribution >= 4 is 0 Å². The Labute approximate surface area is 97.0 Å². The van der Waals surface area contributed by atoms with Crippen molar-refractivity contribution in [2.24, 2.45) is 11.1 Å². The van der Waals surface area contributed by atoms with Crippen LogP contribution in [0.2, 0.25) is 0 Å². The van der Waals surface area contributed by atoms with Gasteiger partial charge in [-0.2, -0.15) is 4.98 Å². The minimum Gasteiger partial charge on any atom is -0.338 e. The van der Waals surface area contributed by atoms with E-state index < -0.39 is 0 Å². The first kappa shape index (κ1) is 13.1. The highest BCUT2D eigenvalue weighted by Gasteiger charge is 2.19. The molecule has 1 aromatic heterocycles. The quantitative estimate of drug-likeness (QED) is 0.785. The Kier molecular flexibility index (Phi) is 4.44. The summed E-state index contributed by atoms with van der Waals surface area (Å²) in [5.41, 5.74) is 5.81. The fourth-order valence-electron chi connectivity index (χ4n) is 1.58. The van der Waals surface area contributed by atoms with Gasteiger partial charge in [-0.3, -0.25) is 4.90 Å². The maximum Gasteiger partial charge on any atom is 0.240 e. The number of nitrogens with zero attached hydrogens (tertiary/aromatic N) is 3. The van der Waals surface area contributed by atoms with E-state index in [9.17, 15) is 0 Å². The molecular formula is C11H22N4O. The van der Waals surface area contributed by atoms with Crippen LogP contribution in [0, 0.1) is 5.41 Å². The third-order valence-corrected chi connectivity index (χ3v) is 2.48. The second-order valence-corrected chi connectivity index (χ2v) is 5.00. The highest BCUT2D eigenvalue weighted by Crippen LogP contribution is 2.15. The van der Waals surface area contributed by atoms with Crippen LogP contribution in [0.25, 0.3) is 0 Å². The molecule has 0 saturated carbocycles. The smallest absolute Gasteiger partial charge is 0.240 e. The molecule has 1 heterocycles. The molecule has 0 aliphatic rings. The standard InChI is InChI=1S/C11H22N4O/c1-5-9-13-10(16-14-9)6-15(4)8-11(2,3)7-12/h5-8,12H2,1-4H3. The van der Waals surface area contributed by atoms with Gasteiger partial charge in [0.15, 0.2) is 5.82 Å². The molecule has 0 aliphatic carbocycles. The van der Waals surface area contributed by atoms with Crippen LogP contribution < -0.4 is 5.73 Å². The van der Waals surface area contributed by atoms with Crippen molar-refractivity contribution in [3.63, 3.8) is 0 Å². The van der Waals surface area contributed by atoms with Gasteiger partial charge in [0.05, 0.1) is 6.54 Å². The van der Waals surface area contributed by atoms with Gasteiger partial charge in [0.25, 0.3) is 0 Å². The van der Waals surface area contributed by atoms with Gasteiger partial charge in [0.2, 0.25) is 5.89 Å². The third kappa shape index (κ3) is 3.90. The average molecular weight is 226 g/mol. The summed E-state index contributed by atoms with van der Waals surface area (Å²) in [6.07, 6.45) is 0.807. The van der Waals surface area contributed by atoms with Gasteiger partial charge < -0.3 is 10.3 Å². The minimum absolute atomic E-state index is 0.113. The lowest BCUT2D eigenvalue weighted by Gasteiger charge is -2.27. The van der Waals surface area contributed by atoms with Crippen LogP contribution in [-0.2, 0) is 13.0 Å². The van der Waals surface area contributed by atoms with E-state index in [1.165, 1.54) is 0 Å². The number of nitrogens with two attached hydrogens (primary N) is 1. The largest absolute Gasteiger partial charge is 0.338 e. The summed E-state index contributed by atoms with van der Waals surface area (Å²) in [5.74, 6) is 1.44. The van der Waals surface area contributed by atoms with Crippen molar-refractivity contribution < 1.29 is 4.52 Å². The maximum atomic E-state index is 5.70. The molecule has 0 spiro atoms. The molecule has 16 heavy (non-hydrogen) atoms. The van der Waals surface area contributed by atoms with Crippen LogP contribution in [0.5, 0.6) is 0 Å². The van der Waals surface area contributed by atoms with E-state index in [1.807, 2.05) is 14.0 Å². The molecule has 0 amide bonds. The second kappa shape index (κ2) is 5.41. The molecule has 1 aromatic rings. The van der Waals surface area contributed by atoms with Gasteiger partial charge in [-0.25, -0.2) is 0 Å². The normalized spacial score (nSPS) is 12.4. The molecule has 5 heteroatoms. The summed E-state index contributed by atoms with van der Waals surface area (Å²) in [6, 6.07) is 0. The maximum absolute atomic E-state index is 5.70. The van der Waals surface area contributed by atoms with Crippen LogP contribution in [0.3, 0.4) is 0 Å². The molecule has 0 saturated heterocycles. The van der Waals surface area contributed by atoms with Crippen molar-refractivity contribution in [2.45, 2.75) is 33.7 Å². The average Bonchev–Trinajstić information content (AvgIpc) is 2.64. The van der Waals surface area contributed by atoms with Gasteiger partial charge in [-0.05, 0) is 19.0 Å². The summed E-state index contributed by atoms with van der Waals surface area (Å²) < 4.78 is 5.14. The number of rotatable bonds is 6. The third-order valence-electron chi connectivity index (χ3n) is 2.48. The fourth-order valence-corrected chi connectivity index (χ4v) is 1.58. The minimum atomic E-state index is 0.113. The highest BCUT2D eigenvalue weighted by molar-refractivity contribution is 4.86. The molecule has 0 bridgehead atoms. The zero-order valence-corrected chi connectivity index (χ0v) is 10.7. The number of hydrogen-bond donors (Lipinski definition) is 1. The molecule has 0 radical (unpaired) electrons. The lowest BCUT2D eigenvalue weighted by atomic mass is 9.93. The predicted molar refractivity (Wildman–Crippen MR) is 62.8 cm³/mol. The lowest BCUT2D eigenvalue weighted by Crippen LogP contribution is -2.36. The van der Waals surface area contributed by atoms with Gasteiger partial charge >= 0.3 is 0 Å². The Morgan fingerprint density at radius 1 is 1.44 bits per heavy atom. The van der Waals surface area contributed by atoms with Crippen molar-refractivity contribution in [3.05, 3.63) is 11.7 Å². The van der Waals surface area contributed by atoms with Gasteiger partial charge in [0.1, 0.15) is 0 Å². The monoisotopic (exact) mass is 226 g/mol. The van der Waals surface area contributed by atoms with Crippen LogP contribution in [0.1, 0.15) is 32.5 Å². The summed E-state index contributed by atoms with van der Waals surface area (Å²) in [4.78, 5) is 6.43. The molecule has 0 aromatic carbocycles. The lowest BCUT2D eigenvalue weighted by molar-refractivity contribution is 0.189. The summed E-state index contributed by atoms with van der Waals surface area (Å²) >= 11 is 0. The molecular weight excluding hydrogens is 204 g/mol. The van der Waals surface area contributed by atoms with Crippen molar-refractivity contribution in [1.82, 2.24) is 15.0 Å². The van der Waals surface area contributed by atoms with Gasteiger partial charge in [-0.1, -0.05) is 25.9 Å². The summed E-state index contributed by atoms with van der Waals surface area (Å²) in [5, 5.41) is 3.87. The zero-order chi connectivity index (χ0) is 12.2. The Morgan fingerprint density at radius 2 is 2.12 bits per heavy atom. The number of aromatic nitrogens is 2. The molecule has 0 aliphatic heterocycles. The van der Waals surface area contributed by atoms with Crippen molar-refractivity contribution in [3.8, 4) is 0 Å². The van der Waals surface area contributed by atoms with E-state index in [4.69, 9.17) is 10.3 Å². The van der Waals surface area contributed by atoms with E-state index in [0.29, 0.717) is 19.0 Å².